The van der Waals surface area contributed by atoms with E-state index in [1.807, 2.05) is 37.4 Å². The number of aromatic nitrogens is 1. The summed E-state index contributed by atoms with van der Waals surface area (Å²) in [6.45, 7) is 2.79. The van der Waals surface area contributed by atoms with Crippen LogP contribution >= 0.6 is 11.6 Å². The molecule has 1 saturated carbocycles. The Morgan fingerprint density at radius 3 is 2.40 bits per heavy atom. The normalized spacial score (nSPS) is 14.0. The Morgan fingerprint density at radius 2 is 1.80 bits per heavy atom. The Kier molecular flexibility index (Phi) is 5.47. The lowest BCUT2D eigenvalue weighted by Gasteiger charge is -2.11. The molecule has 2 aromatic carbocycles. The van der Waals surface area contributed by atoms with E-state index < -0.39 is 9.84 Å². The van der Waals surface area contributed by atoms with Gasteiger partial charge in [0, 0.05) is 35.3 Å². The molecule has 0 radical (unpaired) electrons. The number of nitrogens with zero attached hydrogens (tertiary/aromatic N) is 1. The van der Waals surface area contributed by atoms with Gasteiger partial charge in [0.05, 0.1) is 16.2 Å². The first kappa shape index (κ1) is 20.7. The average molecular weight is 443 g/mol. The van der Waals surface area contributed by atoms with Crippen LogP contribution in [0.15, 0.2) is 59.6 Å². The van der Waals surface area contributed by atoms with Crippen molar-refractivity contribution in [2.24, 2.45) is 5.92 Å². The van der Waals surface area contributed by atoms with Gasteiger partial charge in [-0.05, 0) is 61.6 Å². The Bertz CT molecular complexity index is 1210. The fourth-order valence-corrected chi connectivity index (χ4v) is 4.46. The molecule has 7 heteroatoms. The topological polar surface area (TPSA) is 68.2 Å². The smallest absolute Gasteiger partial charge is 0.257 e. The summed E-state index contributed by atoms with van der Waals surface area (Å²) in [5, 5.41) is 3.53. The van der Waals surface area contributed by atoms with Crippen molar-refractivity contribution in [3.63, 3.8) is 0 Å². The lowest BCUT2D eigenvalue weighted by molar-refractivity contribution is 0.102. The minimum absolute atomic E-state index is 0.216. The van der Waals surface area contributed by atoms with Crippen molar-refractivity contribution in [2.75, 3.05) is 11.6 Å². The summed E-state index contributed by atoms with van der Waals surface area (Å²) in [5.74, 6) is 0.403. The van der Waals surface area contributed by atoms with E-state index in [1.54, 1.807) is 12.1 Å². The molecule has 1 aromatic heterocycles. The first-order chi connectivity index (χ1) is 14.2. The van der Waals surface area contributed by atoms with Crippen molar-refractivity contribution in [3.8, 4) is 11.3 Å². The van der Waals surface area contributed by atoms with Gasteiger partial charge in [-0.1, -0.05) is 29.8 Å². The van der Waals surface area contributed by atoms with Crippen LogP contribution in [0, 0.1) is 12.8 Å². The van der Waals surface area contributed by atoms with E-state index in [0.717, 1.165) is 29.6 Å². The van der Waals surface area contributed by atoms with Gasteiger partial charge in [0.25, 0.3) is 5.91 Å². The molecule has 0 unspecified atom stereocenters. The minimum Gasteiger partial charge on any atom is -0.346 e. The maximum atomic E-state index is 13.0. The Morgan fingerprint density at radius 1 is 1.13 bits per heavy atom. The van der Waals surface area contributed by atoms with Gasteiger partial charge in [0.15, 0.2) is 9.84 Å². The van der Waals surface area contributed by atoms with E-state index in [4.69, 9.17) is 11.6 Å². The zero-order valence-electron chi connectivity index (χ0n) is 16.9. The summed E-state index contributed by atoms with van der Waals surface area (Å²) in [6.07, 6.45) is 5.45. The maximum Gasteiger partial charge on any atom is 0.257 e. The van der Waals surface area contributed by atoms with Gasteiger partial charge in [0.1, 0.15) is 0 Å². The molecule has 156 valence electrons. The first-order valence-corrected chi connectivity index (χ1v) is 12.1. The Labute approximate surface area is 181 Å². The monoisotopic (exact) mass is 442 g/mol. The zero-order chi connectivity index (χ0) is 21.5. The van der Waals surface area contributed by atoms with Crippen molar-refractivity contribution in [1.82, 2.24) is 4.57 Å². The quantitative estimate of drug-likeness (QED) is 0.571. The third-order valence-electron chi connectivity index (χ3n) is 5.40. The van der Waals surface area contributed by atoms with Crippen LogP contribution < -0.4 is 5.32 Å². The van der Waals surface area contributed by atoms with Crippen LogP contribution in [0.4, 0.5) is 5.69 Å². The standard InChI is InChI=1S/C23H23ClN2O3S/c1-15-20(23(27)25-17-9-11-18(12-10-17)30(2,28)29)14-26(13-16-7-8-16)22(15)19-5-3-4-6-21(19)24/h3-6,9-12,14,16H,7-8,13H2,1-2H3,(H,25,27). The molecule has 0 atom stereocenters. The molecule has 5 nitrogen and oxygen atoms in total. The zero-order valence-corrected chi connectivity index (χ0v) is 18.4. The van der Waals surface area contributed by atoms with E-state index in [0.29, 0.717) is 22.2 Å². The number of halogens is 1. The lowest BCUT2D eigenvalue weighted by atomic mass is 10.1. The number of benzene rings is 2. The highest BCUT2D eigenvalue weighted by molar-refractivity contribution is 7.90. The molecular formula is C23H23ClN2O3S. The molecule has 0 aliphatic heterocycles. The van der Waals surface area contributed by atoms with Crippen molar-refractivity contribution in [1.29, 1.82) is 0 Å². The molecule has 30 heavy (non-hydrogen) atoms. The number of anilines is 1. The molecule has 3 aromatic rings. The third kappa shape index (κ3) is 4.30. The second kappa shape index (κ2) is 7.93. The second-order valence-corrected chi connectivity index (χ2v) is 10.3. The number of amides is 1. The molecule has 4 rings (SSSR count). The summed E-state index contributed by atoms with van der Waals surface area (Å²) in [5.41, 5.74) is 3.87. The fourth-order valence-electron chi connectivity index (χ4n) is 3.61. The van der Waals surface area contributed by atoms with Gasteiger partial charge >= 0.3 is 0 Å². The average Bonchev–Trinajstić information content (AvgIpc) is 3.45. The second-order valence-electron chi connectivity index (χ2n) is 7.84. The molecule has 1 heterocycles. The number of rotatable bonds is 6. The fraction of sp³-hybridized carbons (Fsp3) is 0.261. The first-order valence-electron chi connectivity index (χ1n) is 9.80. The maximum absolute atomic E-state index is 13.0. The molecule has 0 bridgehead atoms. The van der Waals surface area contributed by atoms with E-state index in [-0.39, 0.29) is 10.8 Å². The minimum atomic E-state index is -3.28. The third-order valence-corrected chi connectivity index (χ3v) is 6.86. The molecule has 0 saturated heterocycles. The van der Waals surface area contributed by atoms with Gasteiger partial charge < -0.3 is 9.88 Å². The summed E-state index contributed by atoms with van der Waals surface area (Å²) < 4.78 is 25.4. The van der Waals surface area contributed by atoms with Gasteiger partial charge in [-0.3, -0.25) is 4.79 Å². The number of hydrogen-bond donors (Lipinski definition) is 1. The van der Waals surface area contributed by atoms with Gasteiger partial charge in [-0.25, -0.2) is 8.42 Å². The van der Waals surface area contributed by atoms with Crippen LogP contribution in [0.5, 0.6) is 0 Å². The van der Waals surface area contributed by atoms with Gasteiger partial charge in [0.2, 0.25) is 0 Å². The van der Waals surface area contributed by atoms with Crippen molar-refractivity contribution >= 4 is 33.0 Å². The van der Waals surface area contributed by atoms with Crippen molar-refractivity contribution < 1.29 is 13.2 Å². The molecule has 1 amide bonds. The largest absolute Gasteiger partial charge is 0.346 e. The number of carbonyl (C=O) groups is 1. The molecule has 1 aliphatic rings. The van der Waals surface area contributed by atoms with Crippen molar-refractivity contribution in [2.45, 2.75) is 31.2 Å². The molecule has 1 aliphatic carbocycles. The van der Waals surface area contributed by atoms with Crippen molar-refractivity contribution in [3.05, 3.63) is 70.9 Å². The van der Waals surface area contributed by atoms with Gasteiger partial charge in [-0.15, -0.1) is 0 Å². The highest BCUT2D eigenvalue weighted by Crippen LogP contribution is 2.37. The van der Waals surface area contributed by atoms with Crippen LogP contribution in [0.1, 0.15) is 28.8 Å². The summed E-state index contributed by atoms with van der Waals surface area (Å²) >= 11 is 6.46. The number of hydrogen-bond acceptors (Lipinski definition) is 3. The van der Waals surface area contributed by atoms with Crippen LogP contribution in [0.3, 0.4) is 0 Å². The van der Waals surface area contributed by atoms with Gasteiger partial charge in [-0.2, -0.15) is 0 Å². The number of carbonyl (C=O) groups excluding carboxylic acids is 1. The molecule has 1 N–H and O–H groups in total. The molecule has 0 spiro atoms. The predicted octanol–water partition coefficient (Wildman–Crippen LogP) is 5.18. The van der Waals surface area contributed by atoms with E-state index >= 15 is 0 Å². The van der Waals surface area contributed by atoms with Crippen LogP contribution in [0.2, 0.25) is 5.02 Å². The summed E-state index contributed by atoms with van der Waals surface area (Å²) in [6, 6.07) is 13.8. The highest BCUT2D eigenvalue weighted by Gasteiger charge is 2.26. The predicted molar refractivity (Wildman–Crippen MR) is 120 cm³/mol. The number of sulfone groups is 1. The van der Waals surface area contributed by atoms with Crippen LogP contribution in [0.25, 0.3) is 11.3 Å². The lowest BCUT2D eigenvalue weighted by Crippen LogP contribution is -2.12. The SMILES string of the molecule is Cc1c(C(=O)Nc2ccc(S(C)(=O)=O)cc2)cn(CC2CC2)c1-c1ccccc1Cl. The number of nitrogens with one attached hydrogen (secondary N) is 1. The van der Waals surface area contributed by atoms with Crippen LogP contribution in [-0.4, -0.2) is 25.1 Å². The van der Waals surface area contributed by atoms with E-state index in [1.165, 1.54) is 25.0 Å². The Balaban J connectivity index is 1.67. The van der Waals surface area contributed by atoms with Crippen LogP contribution in [-0.2, 0) is 16.4 Å². The van der Waals surface area contributed by atoms with E-state index in [9.17, 15) is 13.2 Å². The molecule has 1 fully saturated rings. The molecular weight excluding hydrogens is 420 g/mol. The summed E-state index contributed by atoms with van der Waals surface area (Å²) in [4.78, 5) is 13.2. The Hall–Kier alpha value is -2.57. The highest BCUT2D eigenvalue weighted by atomic mass is 35.5. The summed E-state index contributed by atoms with van der Waals surface area (Å²) in [7, 11) is -3.28. The van der Waals surface area contributed by atoms with E-state index in [2.05, 4.69) is 9.88 Å².